The number of carbonyl (C=O) groups is 1. The summed E-state index contributed by atoms with van der Waals surface area (Å²) in [4.78, 5) is 17.1. The van der Waals surface area contributed by atoms with Crippen LogP contribution in [0.4, 0.5) is 9.52 Å². The third-order valence-corrected chi connectivity index (χ3v) is 3.71. The van der Waals surface area contributed by atoms with Crippen molar-refractivity contribution in [2.75, 3.05) is 19.0 Å². The largest absolute Gasteiger partial charge is 0.383 e. The summed E-state index contributed by atoms with van der Waals surface area (Å²) in [5, 5.41) is 3.12. The van der Waals surface area contributed by atoms with Crippen LogP contribution in [-0.2, 0) is 9.53 Å². The summed E-state index contributed by atoms with van der Waals surface area (Å²) in [5.41, 5.74) is 7.16. The van der Waals surface area contributed by atoms with Crippen LogP contribution in [0.3, 0.4) is 0 Å². The van der Waals surface area contributed by atoms with Gasteiger partial charge in [0.05, 0.1) is 12.3 Å². The minimum Gasteiger partial charge on any atom is -0.383 e. The maximum atomic E-state index is 12.9. The van der Waals surface area contributed by atoms with E-state index in [1.807, 2.05) is 6.92 Å². The van der Waals surface area contributed by atoms with Crippen molar-refractivity contribution in [2.45, 2.75) is 13.0 Å². The number of nitrogens with one attached hydrogen (secondary N) is 1. The molecule has 0 bridgehead atoms. The average molecular weight is 309 g/mol. The number of aromatic nitrogens is 1. The number of hydrogen-bond donors (Lipinski definition) is 2. The lowest BCUT2D eigenvalue weighted by Gasteiger charge is -2.08. The Morgan fingerprint density at radius 1 is 1.48 bits per heavy atom. The van der Waals surface area contributed by atoms with Gasteiger partial charge in [-0.2, -0.15) is 0 Å². The van der Waals surface area contributed by atoms with Crippen molar-refractivity contribution in [2.24, 2.45) is 5.73 Å². The molecule has 0 fully saturated rings. The number of thiazole rings is 1. The molecule has 0 saturated carbocycles. The number of carbonyl (C=O) groups excluding carboxylic acids is 1. The van der Waals surface area contributed by atoms with Gasteiger partial charge in [0.15, 0.2) is 5.13 Å². The van der Waals surface area contributed by atoms with Crippen LogP contribution in [0, 0.1) is 12.7 Å². The van der Waals surface area contributed by atoms with Crippen LogP contribution in [0.1, 0.15) is 4.88 Å². The van der Waals surface area contributed by atoms with E-state index in [1.165, 1.54) is 30.6 Å². The topological polar surface area (TPSA) is 77.2 Å². The molecule has 2 aromatic rings. The Bertz CT molecular complexity index is 628. The van der Waals surface area contributed by atoms with Crippen molar-refractivity contribution in [1.29, 1.82) is 0 Å². The van der Waals surface area contributed by atoms with Crippen molar-refractivity contribution in [3.05, 3.63) is 35.0 Å². The molecule has 1 unspecified atom stereocenters. The van der Waals surface area contributed by atoms with Crippen molar-refractivity contribution < 1.29 is 13.9 Å². The van der Waals surface area contributed by atoms with Gasteiger partial charge in [-0.1, -0.05) is 0 Å². The molecule has 1 aromatic carbocycles. The van der Waals surface area contributed by atoms with Gasteiger partial charge < -0.3 is 15.8 Å². The fourth-order valence-corrected chi connectivity index (χ4v) is 2.62. The highest BCUT2D eigenvalue weighted by Gasteiger charge is 2.16. The second-order valence-corrected chi connectivity index (χ2v) is 5.68. The van der Waals surface area contributed by atoms with E-state index in [9.17, 15) is 9.18 Å². The predicted octanol–water partition coefficient (Wildman–Crippen LogP) is 2.17. The molecule has 2 rings (SSSR count). The number of ether oxygens (including phenoxy) is 1. The van der Waals surface area contributed by atoms with E-state index in [-0.39, 0.29) is 18.3 Å². The zero-order chi connectivity index (χ0) is 15.4. The molecule has 112 valence electrons. The van der Waals surface area contributed by atoms with E-state index in [1.54, 1.807) is 12.1 Å². The summed E-state index contributed by atoms with van der Waals surface area (Å²) >= 11 is 1.34. The van der Waals surface area contributed by atoms with E-state index in [2.05, 4.69) is 10.3 Å². The van der Waals surface area contributed by atoms with Crippen molar-refractivity contribution in [3.8, 4) is 11.3 Å². The SMILES string of the molecule is COCC(N)C(=O)Nc1nc(-c2ccc(F)cc2)c(C)s1. The van der Waals surface area contributed by atoms with Gasteiger partial charge in [-0.25, -0.2) is 9.37 Å². The van der Waals surface area contributed by atoms with Gasteiger partial charge in [0, 0.05) is 17.6 Å². The second kappa shape index (κ2) is 6.75. The summed E-state index contributed by atoms with van der Waals surface area (Å²) in [6.07, 6.45) is 0. The fourth-order valence-electron chi connectivity index (χ4n) is 1.78. The van der Waals surface area contributed by atoms with Crippen LogP contribution in [0.25, 0.3) is 11.3 Å². The van der Waals surface area contributed by atoms with Crippen LogP contribution >= 0.6 is 11.3 Å². The number of methoxy groups -OCH3 is 1. The molecular weight excluding hydrogens is 293 g/mol. The number of nitrogens with two attached hydrogens (primary N) is 1. The van der Waals surface area contributed by atoms with Gasteiger partial charge in [0.25, 0.3) is 0 Å². The van der Waals surface area contributed by atoms with Gasteiger partial charge in [0.1, 0.15) is 11.9 Å². The number of nitrogens with zero attached hydrogens (tertiary/aromatic N) is 1. The first kappa shape index (κ1) is 15.6. The fraction of sp³-hybridized carbons (Fsp3) is 0.286. The number of aryl methyl sites for hydroxylation is 1. The van der Waals surface area contributed by atoms with E-state index >= 15 is 0 Å². The lowest BCUT2D eigenvalue weighted by Crippen LogP contribution is -2.39. The number of rotatable bonds is 5. The molecule has 5 nitrogen and oxygen atoms in total. The Hall–Kier alpha value is -1.83. The molecule has 3 N–H and O–H groups in total. The molecule has 7 heteroatoms. The molecule has 1 atom stereocenters. The smallest absolute Gasteiger partial charge is 0.245 e. The summed E-state index contributed by atoms with van der Waals surface area (Å²) < 4.78 is 17.8. The normalized spacial score (nSPS) is 12.2. The lowest BCUT2D eigenvalue weighted by atomic mass is 10.1. The highest BCUT2D eigenvalue weighted by atomic mass is 32.1. The zero-order valence-corrected chi connectivity index (χ0v) is 12.5. The molecule has 21 heavy (non-hydrogen) atoms. The Labute approximate surface area is 126 Å². The van der Waals surface area contributed by atoms with Crippen LogP contribution in [-0.4, -0.2) is 30.6 Å². The summed E-state index contributed by atoms with van der Waals surface area (Å²) in [6, 6.07) is 5.31. The van der Waals surface area contributed by atoms with E-state index < -0.39 is 6.04 Å². The van der Waals surface area contributed by atoms with Crippen LogP contribution < -0.4 is 11.1 Å². The van der Waals surface area contributed by atoms with E-state index in [0.717, 1.165) is 16.1 Å². The van der Waals surface area contributed by atoms with Gasteiger partial charge >= 0.3 is 0 Å². The number of hydrogen-bond acceptors (Lipinski definition) is 5. The monoisotopic (exact) mass is 309 g/mol. The van der Waals surface area contributed by atoms with E-state index in [4.69, 9.17) is 10.5 Å². The molecule has 1 heterocycles. The predicted molar refractivity (Wildman–Crippen MR) is 80.7 cm³/mol. The Balaban J connectivity index is 2.16. The van der Waals surface area contributed by atoms with Crippen molar-refractivity contribution in [3.63, 3.8) is 0 Å². The maximum Gasteiger partial charge on any atom is 0.245 e. The van der Waals surface area contributed by atoms with Crippen molar-refractivity contribution in [1.82, 2.24) is 4.98 Å². The first-order valence-corrected chi connectivity index (χ1v) is 7.11. The Morgan fingerprint density at radius 3 is 2.76 bits per heavy atom. The first-order chi connectivity index (χ1) is 10.0. The average Bonchev–Trinajstić information content (AvgIpc) is 2.80. The molecule has 1 amide bonds. The van der Waals surface area contributed by atoms with E-state index in [0.29, 0.717) is 5.13 Å². The number of anilines is 1. The summed E-state index contributed by atoms with van der Waals surface area (Å²) in [7, 11) is 1.48. The van der Waals surface area contributed by atoms with Crippen LogP contribution in [0.2, 0.25) is 0 Å². The highest BCUT2D eigenvalue weighted by Crippen LogP contribution is 2.30. The molecule has 0 spiro atoms. The van der Waals surface area contributed by atoms with Gasteiger partial charge in [-0.15, -0.1) is 11.3 Å². The summed E-state index contributed by atoms with van der Waals surface area (Å²) in [5.74, 6) is -0.651. The first-order valence-electron chi connectivity index (χ1n) is 6.30. The standard InChI is InChI=1S/C14H16FN3O2S/c1-8-12(9-3-5-10(15)6-4-9)17-14(21-8)18-13(19)11(16)7-20-2/h3-6,11H,7,16H2,1-2H3,(H,17,18,19). The molecule has 0 aliphatic rings. The number of halogens is 1. The molecular formula is C14H16FN3O2S. The molecule has 0 saturated heterocycles. The molecule has 0 aliphatic heterocycles. The minimum absolute atomic E-state index is 0.140. The minimum atomic E-state index is -0.742. The molecule has 0 aliphatic carbocycles. The van der Waals surface area contributed by atoms with Crippen LogP contribution in [0.15, 0.2) is 24.3 Å². The van der Waals surface area contributed by atoms with Crippen LogP contribution in [0.5, 0.6) is 0 Å². The maximum absolute atomic E-state index is 12.9. The lowest BCUT2D eigenvalue weighted by molar-refractivity contribution is -0.118. The Morgan fingerprint density at radius 2 is 2.14 bits per heavy atom. The van der Waals surface area contributed by atoms with Gasteiger partial charge in [-0.3, -0.25) is 4.79 Å². The third-order valence-electron chi connectivity index (χ3n) is 2.83. The zero-order valence-electron chi connectivity index (χ0n) is 11.7. The number of amides is 1. The number of benzene rings is 1. The van der Waals surface area contributed by atoms with Gasteiger partial charge in [0.2, 0.25) is 5.91 Å². The third kappa shape index (κ3) is 3.84. The quantitative estimate of drug-likeness (QED) is 0.887. The van der Waals surface area contributed by atoms with Crippen molar-refractivity contribution >= 4 is 22.4 Å². The highest BCUT2D eigenvalue weighted by molar-refractivity contribution is 7.16. The summed E-state index contributed by atoms with van der Waals surface area (Å²) in [6.45, 7) is 2.03. The molecule has 0 radical (unpaired) electrons. The van der Waals surface area contributed by atoms with Gasteiger partial charge in [-0.05, 0) is 31.2 Å². The Kier molecular flexibility index (Phi) is 5.00. The second-order valence-electron chi connectivity index (χ2n) is 4.48. The molecule has 1 aromatic heterocycles.